The van der Waals surface area contributed by atoms with Crippen molar-refractivity contribution in [1.29, 1.82) is 0 Å². The van der Waals surface area contributed by atoms with E-state index in [1.54, 1.807) is 0 Å². The maximum atomic E-state index is 5.75. The zero-order chi connectivity index (χ0) is 12.9. The van der Waals surface area contributed by atoms with Gasteiger partial charge in [0.1, 0.15) is 0 Å². The monoisotopic (exact) mass is 256 g/mol. The van der Waals surface area contributed by atoms with Crippen LogP contribution in [0.5, 0.6) is 5.88 Å². The van der Waals surface area contributed by atoms with Crippen LogP contribution >= 0.6 is 0 Å². The predicted molar refractivity (Wildman–Crippen MR) is 74.9 cm³/mol. The van der Waals surface area contributed by atoms with Crippen LogP contribution in [0.25, 0.3) is 0 Å². The number of pyridine rings is 1. The summed E-state index contributed by atoms with van der Waals surface area (Å²) in [6.07, 6.45) is 6.73. The van der Waals surface area contributed by atoms with E-state index in [1.165, 1.54) is 25.7 Å². The Morgan fingerprint density at radius 2 is 2.05 bits per heavy atom. The van der Waals surface area contributed by atoms with Gasteiger partial charge in [-0.3, -0.25) is 0 Å². The lowest BCUT2D eigenvalue weighted by Gasteiger charge is -2.22. The molecule has 1 aromatic rings. The number of hydrogen-bond donors (Lipinski definition) is 1. The number of aromatic nitrogens is 1. The largest absolute Gasteiger partial charge is 0.477 e. The number of piperidine rings is 1. The van der Waals surface area contributed by atoms with Crippen molar-refractivity contribution in [3.05, 3.63) is 23.9 Å². The standard InChI is InChI=1S/C16H20N2O/c1-2-13(1)3-4-14-5-6-16(18-11-14)19-12-15-7-9-17-10-8-15/h5-6,11,13,15,17H,1-2,7-10,12H2. The molecule has 1 aromatic heterocycles. The first kappa shape index (κ1) is 12.5. The molecule has 0 unspecified atom stereocenters. The quantitative estimate of drug-likeness (QED) is 0.842. The summed E-state index contributed by atoms with van der Waals surface area (Å²) in [6.45, 7) is 3.00. The van der Waals surface area contributed by atoms with Gasteiger partial charge >= 0.3 is 0 Å². The average molecular weight is 256 g/mol. The summed E-state index contributed by atoms with van der Waals surface area (Å²) in [6, 6.07) is 3.93. The van der Waals surface area contributed by atoms with E-state index in [2.05, 4.69) is 22.1 Å². The van der Waals surface area contributed by atoms with Crippen LogP contribution in [-0.4, -0.2) is 24.7 Å². The Bertz CT molecular complexity index is 462. The molecule has 0 bridgehead atoms. The second kappa shape index (κ2) is 6.08. The van der Waals surface area contributed by atoms with Gasteiger partial charge in [-0.2, -0.15) is 0 Å². The van der Waals surface area contributed by atoms with Gasteiger partial charge in [0, 0.05) is 23.7 Å². The number of ether oxygens (including phenoxy) is 1. The number of nitrogens with zero attached hydrogens (tertiary/aromatic N) is 1. The Kier molecular flexibility index (Phi) is 4.00. The second-order valence-corrected chi connectivity index (χ2v) is 5.43. The van der Waals surface area contributed by atoms with E-state index < -0.39 is 0 Å². The lowest BCUT2D eigenvalue weighted by molar-refractivity contribution is 0.209. The molecule has 2 fully saturated rings. The summed E-state index contributed by atoms with van der Waals surface area (Å²) < 4.78 is 5.75. The molecule has 3 heteroatoms. The summed E-state index contributed by atoms with van der Waals surface area (Å²) in [5.74, 6) is 8.42. The van der Waals surface area contributed by atoms with Gasteiger partial charge < -0.3 is 10.1 Å². The lowest BCUT2D eigenvalue weighted by Crippen LogP contribution is -2.30. The molecule has 0 atom stereocenters. The van der Waals surface area contributed by atoms with Gasteiger partial charge in [0.15, 0.2) is 0 Å². The highest BCUT2D eigenvalue weighted by molar-refractivity contribution is 5.34. The van der Waals surface area contributed by atoms with Gasteiger partial charge in [-0.15, -0.1) is 0 Å². The van der Waals surface area contributed by atoms with Crippen LogP contribution < -0.4 is 10.1 Å². The lowest BCUT2D eigenvalue weighted by atomic mass is 9.99. The Labute approximate surface area is 114 Å². The van der Waals surface area contributed by atoms with Crippen LogP contribution in [-0.2, 0) is 0 Å². The molecular weight excluding hydrogens is 236 g/mol. The Morgan fingerprint density at radius 1 is 1.21 bits per heavy atom. The third-order valence-corrected chi connectivity index (χ3v) is 3.66. The van der Waals surface area contributed by atoms with Crippen LogP contribution in [0.4, 0.5) is 0 Å². The maximum absolute atomic E-state index is 5.75. The smallest absolute Gasteiger partial charge is 0.213 e. The van der Waals surface area contributed by atoms with Gasteiger partial charge in [0.2, 0.25) is 5.88 Å². The van der Waals surface area contributed by atoms with E-state index in [1.807, 2.05) is 18.3 Å². The van der Waals surface area contributed by atoms with Crippen molar-refractivity contribution in [2.75, 3.05) is 19.7 Å². The first-order chi connectivity index (χ1) is 9.40. The zero-order valence-electron chi connectivity index (χ0n) is 11.2. The fourth-order valence-corrected chi connectivity index (χ4v) is 2.20. The van der Waals surface area contributed by atoms with E-state index in [9.17, 15) is 0 Å². The topological polar surface area (TPSA) is 34.1 Å². The average Bonchev–Trinajstić information content (AvgIpc) is 3.29. The van der Waals surface area contributed by atoms with Crippen molar-refractivity contribution in [3.8, 4) is 17.7 Å². The Morgan fingerprint density at radius 3 is 2.74 bits per heavy atom. The fourth-order valence-electron chi connectivity index (χ4n) is 2.20. The van der Waals surface area contributed by atoms with E-state index in [0.29, 0.717) is 11.8 Å². The van der Waals surface area contributed by atoms with Crippen molar-refractivity contribution >= 4 is 0 Å². The molecule has 100 valence electrons. The molecule has 1 N–H and O–H groups in total. The second-order valence-electron chi connectivity index (χ2n) is 5.43. The van der Waals surface area contributed by atoms with E-state index in [4.69, 9.17) is 4.74 Å². The normalized spacial score (nSPS) is 19.6. The fraction of sp³-hybridized carbons (Fsp3) is 0.562. The van der Waals surface area contributed by atoms with Crippen molar-refractivity contribution in [2.24, 2.45) is 11.8 Å². The molecular formula is C16H20N2O. The summed E-state index contributed by atoms with van der Waals surface area (Å²) in [7, 11) is 0. The molecule has 1 aliphatic carbocycles. The van der Waals surface area contributed by atoms with Crippen molar-refractivity contribution in [2.45, 2.75) is 25.7 Å². The Balaban J connectivity index is 1.49. The van der Waals surface area contributed by atoms with Gasteiger partial charge in [0.25, 0.3) is 0 Å². The summed E-state index contributed by atoms with van der Waals surface area (Å²) >= 11 is 0. The van der Waals surface area contributed by atoms with E-state index in [-0.39, 0.29) is 0 Å². The molecule has 2 heterocycles. The molecule has 3 nitrogen and oxygen atoms in total. The molecule has 3 rings (SSSR count). The molecule has 2 aliphatic rings. The highest BCUT2D eigenvalue weighted by atomic mass is 16.5. The molecule has 1 aliphatic heterocycles. The molecule has 1 saturated heterocycles. The van der Waals surface area contributed by atoms with Crippen LogP contribution in [0.3, 0.4) is 0 Å². The van der Waals surface area contributed by atoms with Gasteiger partial charge in [-0.1, -0.05) is 11.8 Å². The van der Waals surface area contributed by atoms with Crippen LogP contribution in [0, 0.1) is 23.7 Å². The van der Waals surface area contributed by atoms with Gasteiger partial charge in [-0.05, 0) is 50.8 Å². The van der Waals surface area contributed by atoms with Crippen LogP contribution in [0.1, 0.15) is 31.2 Å². The summed E-state index contributed by atoms with van der Waals surface area (Å²) in [4.78, 5) is 4.32. The SMILES string of the molecule is C(#CC1CC1)c1ccc(OCC2CCNCC2)nc1. The van der Waals surface area contributed by atoms with Crippen molar-refractivity contribution < 1.29 is 4.74 Å². The van der Waals surface area contributed by atoms with Crippen LogP contribution in [0.15, 0.2) is 18.3 Å². The molecule has 0 amide bonds. The number of rotatable bonds is 3. The van der Waals surface area contributed by atoms with E-state index in [0.717, 1.165) is 31.1 Å². The zero-order valence-corrected chi connectivity index (χ0v) is 11.2. The molecule has 1 saturated carbocycles. The minimum atomic E-state index is 0.635. The highest BCUT2D eigenvalue weighted by Gasteiger charge is 2.17. The van der Waals surface area contributed by atoms with Crippen molar-refractivity contribution in [1.82, 2.24) is 10.3 Å². The van der Waals surface area contributed by atoms with Crippen LogP contribution in [0.2, 0.25) is 0 Å². The molecule has 0 spiro atoms. The van der Waals surface area contributed by atoms with Gasteiger partial charge in [0.05, 0.1) is 6.61 Å². The maximum Gasteiger partial charge on any atom is 0.213 e. The Hall–Kier alpha value is -1.53. The van der Waals surface area contributed by atoms with Gasteiger partial charge in [-0.25, -0.2) is 4.98 Å². The first-order valence-electron chi connectivity index (χ1n) is 7.21. The summed E-state index contributed by atoms with van der Waals surface area (Å²) in [5.41, 5.74) is 0.987. The predicted octanol–water partition coefficient (Wildman–Crippen LogP) is 2.22. The minimum absolute atomic E-state index is 0.635. The molecule has 0 aromatic carbocycles. The highest BCUT2D eigenvalue weighted by Crippen LogP contribution is 2.27. The van der Waals surface area contributed by atoms with Crippen molar-refractivity contribution in [3.63, 3.8) is 0 Å². The minimum Gasteiger partial charge on any atom is -0.477 e. The molecule has 19 heavy (non-hydrogen) atoms. The third-order valence-electron chi connectivity index (χ3n) is 3.66. The summed E-state index contributed by atoms with van der Waals surface area (Å²) in [5, 5.41) is 3.36. The number of nitrogens with one attached hydrogen (secondary N) is 1. The number of hydrogen-bond acceptors (Lipinski definition) is 3. The van der Waals surface area contributed by atoms with E-state index >= 15 is 0 Å². The third kappa shape index (κ3) is 3.97. The first-order valence-corrected chi connectivity index (χ1v) is 7.21. The molecule has 0 radical (unpaired) electrons.